The van der Waals surface area contributed by atoms with E-state index < -0.39 is 4.92 Å². The zero-order valence-corrected chi connectivity index (χ0v) is 13.8. The highest BCUT2D eigenvalue weighted by atomic mass is 32.1. The molecule has 124 valence electrons. The summed E-state index contributed by atoms with van der Waals surface area (Å²) in [7, 11) is 0. The molecule has 0 spiro atoms. The molecule has 0 atom stereocenters. The van der Waals surface area contributed by atoms with E-state index in [0.29, 0.717) is 18.0 Å². The van der Waals surface area contributed by atoms with Gasteiger partial charge in [0, 0.05) is 48.9 Å². The van der Waals surface area contributed by atoms with Crippen molar-refractivity contribution >= 4 is 34.0 Å². The third-order valence-electron chi connectivity index (χ3n) is 3.90. The minimum Gasteiger partial charge on any atom is -0.368 e. The highest BCUT2D eigenvalue weighted by Crippen LogP contribution is 2.25. The molecule has 1 aromatic carbocycles. The lowest BCUT2D eigenvalue weighted by molar-refractivity contribution is -0.380. The Morgan fingerprint density at radius 1 is 1.08 bits per heavy atom. The molecule has 24 heavy (non-hydrogen) atoms. The zero-order chi connectivity index (χ0) is 16.9. The number of rotatable bonds is 4. The van der Waals surface area contributed by atoms with Crippen LogP contribution in [0, 0.1) is 10.1 Å². The molecular formula is C17H17N3O3S. The maximum Gasteiger partial charge on any atom is 0.324 e. The van der Waals surface area contributed by atoms with Crippen molar-refractivity contribution < 1.29 is 9.72 Å². The van der Waals surface area contributed by atoms with Crippen LogP contribution in [0.15, 0.2) is 48.5 Å². The molecule has 0 bridgehead atoms. The first kappa shape index (κ1) is 16.2. The fourth-order valence-corrected chi connectivity index (χ4v) is 3.34. The average molecular weight is 343 g/mol. The minimum absolute atomic E-state index is 0.0567. The van der Waals surface area contributed by atoms with Gasteiger partial charge >= 0.3 is 5.00 Å². The van der Waals surface area contributed by atoms with E-state index in [1.165, 1.54) is 17.8 Å². The summed E-state index contributed by atoms with van der Waals surface area (Å²) in [6.45, 7) is 2.94. The summed E-state index contributed by atoms with van der Waals surface area (Å²) in [6.07, 6.45) is 3.14. The Hall–Kier alpha value is -2.67. The zero-order valence-electron chi connectivity index (χ0n) is 13.0. The molecule has 0 unspecified atom stereocenters. The van der Waals surface area contributed by atoms with Crippen LogP contribution >= 0.6 is 11.3 Å². The van der Waals surface area contributed by atoms with E-state index in [1.54, 1.807) is 17.0 Å². The summed E-state index contributed by atoms with van der Waals surface area (Å²) < 4.78 is 0. The molecule has 1 amide bonds. The normalized spacial score (nSPS) is 15.0. The van der Waals surface area contributed by atoms with Gasteiger partial charge in [-0.25, -0.2) is 0 Å². The van der Waals surface area contributed by atoms with Crippen LogP contribution in [0.3, 0.4) is 0 Å². The van der Waals surface area contributed by atoms with Gasteiger partial charge < -0.3 is 9.80 Å². The predicted octanol–water partition coefficient (Wildman–Crippen LogP) is 3.02. The number of thiophene rings is 1. The van der Waals surface area contributed by atoms with Crippen molar-refractivity contribution in [3.05, 3.63) is 63.5 Å². The molecule has 3 rings (SSSR count). The Morgan fingerprint density at radius 3 is 2.42 bits per heavy atom. The number of carbonyl (C=O) groups is 1. The van der Waals surface area contributed by atoms with Crippen LogP contribution in [0.5, 0.6) is 0 Å². The van der Waals surface area contributed by atoms with Crippen LogP contribution in [-0.2, 0) is 4.79 Å². The molecule has 1 aliphatic rings. The number of nitro groups is 1. The summed E-state index contributed by atoms with van der Waals surface area (Å²) in [5, 5.41) is 10.7. The number of amides is 1. The largest absolute Gasteiger partial charge is 0.368 e. The highest BCUT2D eigenvalue weighted by Gasteiger charge is 2.19. The Labute approximate surface area is 143 Å². The summed E-state index contributed by atoms with van der Waals surface area (Å²) in [6, 6.07) is 13.3. The highest BCUT2D eigenvalue weighted by molar-refractivity contribution is 7.16. The van der Waals surface area contributed by atoms with Crippen molar-refractivity contribution in [1.82, 2.24) is 4.90 Å². The Kier molecular flexibility index (Phi) is 4.90. The Balaban J connectivity index is 1.55. The Bertz CT molecular complexity index is 749. The molecule has 1 fully saturated rings. The molecule has 0 aliphatic carbocycles. The van der Waals surface area contributed by atoms with Crippen LogP contribution in [0.2, 0.25) is 0 Å². The van der Waals surface area contributed by atoms with Crippen LogP contribution in [-0.4, -0.2) is 41.9 Å². The maximum atomic E-state index is 12.2. The molecule has 2 heterocycles. The van der Waals surface area contributed by atoms with Gasteiger partial charge in [0.2, 0.25) is 5.91 Å². The van der Waals surface area contributed by atoms with E-state index in [4.69, 9.17) is 0 Å². The molecule has 6 nitrogen and oxygen atoms in total. The van der Waals surface area contributed by atoms with Gasteiger partial charge in [0.1, 0.15) is 0 Å². The third-order valence-corrected chi connectivity index (χ3v) is 4.90. The molecule has 1 aliphatic heterocycles. The standard InChI is InChI=1S/C17H17N3O3S/c21-16(8-6-15-7-9-17(24-15)20(22)23)19-12-10-18(11-13-19)14-4-2-1-3-5-14/h1-9H,10-13H2/b8-6+. The second-order valence-electron chi connectivity index (χ2n) is 5.41. The lowest BCUT2D eigenvalue weighted by Gasteiger charge is -2.35. The SMILES string of the molecule is O=C(/C=C/c1ccc([N+](=O)[O-])s1)N1CCN(c2ccccc2)CC1. The number of hydrogen-bond donors (Lipinski definition) is 0. The molecule has 1 aromatic heterocycles. The summed E-state index contributed by atoms with van der Waals surface area (Å²) in [5.41, 5.74) is 1.17. The first-order valence-corrected chi connectivity index (χ1v) is 8.46. The van der Waals surface area contributed by atoms with E-state index in [-0.39, 0.29) is 10.9 Å². The van der Waals surface area contributed by atoms with Gasteiger partial charge in [-0.2, -0.15) is 0 Å². The van der Waals surface area contributed by atoms with E-state index in [1.807, 2.05) is 18.2 Å². The number of piperazine rings is 1. The smallest absolute Gasteiger partial charge is 0.324 e. The van der Waals surface area contributed by atoms with Gasteiger partial charge in [-0.15, -0.1) is 0 Å². The second kappa shape index (κ2) is 7.27. The van der Waals surface area contributed by atoms with Crippen molar-refractivity contribution in [3.63, 3.8) is 0 Å². The van der Waals surface area contributed by atoms with E-state index in [0.717, 1.165) is 24.4 Å². The average Bonchev–Trinajstić information content (AvgIpc) is 3.10. The first-order valence-electron chi connectivity index (χ1n) is 7.65. The van der Waals surface area contributed by atoms with Crippen LogP contribution in [0.1, 0.15) is 4.88 Å². The van der Waals surface area contributed by atoms with Gasteiger partial charge in [0.25, 0.3) is 0 Å². The van der Waals surface area contributed by atoms with Crippen LogP contribution in [0.4, 0.5) is 10.7 Å². The van der Waals surface area contributed by atoms with E-state index in [2.05, 4.69) is 17.0 Å². The van der Waals surface area contributed by atoms with Crippen LogP contribution < -0.4 is 4.90 Å². The van der Waals surface area contributed by atoms with Crippen LogP contribution in [0.25, 0.3) is 6.08 Å². The molecule has 0 radical (unpaired) electrons. The lowest BCUT2D eigenvalue weighted by atomic mass is 10.2. The molecule has 2 aromatic rings. The maximum absolute atomic E-state index is 12.2. The number of para-hydroxylation sites is 1. The summed E-state index contributed by atoms with van der Waals surface area (Å²) in [4.78, 5) is 27.3. The number of hydrogen-bond acceptors (Lipinski definition) is 5. The van der Waals surface area contributed by atoms with Crippen molar-refractivity contribution in [2.24, 2.45) is 0 Å². The van der Waals surface area contributed by atoms with Crippen molar-refractivity contribution in [3.8, 4) is 0 Å². The summed E-state index contributed by atoms with van der Waals surface area (Å²) in [5.74, 6) is -0.0567. The quantitative estimate of drug-likeness (QED) is 0.486. The van der Waals surface area contributed by atoms with E-state index in [9.17, 15) is 14.9 Å². The predicted molar refractivity (Wildman–Crippen MR) is 95.2 cm³/mol. The van der Waals surface area contributed by atoms with Crippen molar-refractivity contribution in [1.29, 1.82) is 0 Å². The van der Waals surface area contributed by atoms with Gasteiger partial charge in [0.15, 0.2) is 0 Å². The van der Waals surface area contributed by atoms with Gasteiger partial charge in [-0.05, 0) is 24.3 Å². The third kappa shape index (κ3) is 3.80. The fourth-order valence-electron chi connectivity index (χ4n) is 2.61. The molecule has 0 saturated carbocycles. The fraction of sp³-hybridized carbons (Fsp3) is 0.235. The first-order chi connectivity index (χ1) is 11.6. The van der Waals surface area contributed by atoms with Gasteiger partial charge in [0.05, 0.1) is 4.92 Å². The molecule has 0 N–H and O–H groups in total. The second-order valence-corrected chi connectivity index (χ2v) is 6.51. The molecule has 7 heteroatoms. The van der Waals surface area contributed by atoms with Gasteiger partial charge in [-0.1, -0.05) is 29.5 Å². The Morgan fingerprint density at radius 2 is 1.79 bits per heavy atom. The van der Waals surface area contributed by atoms with E-state index >= 15 is 0 Å². The minimum atomic E-state index is -0.424. The summed E-state index contributed by atoms with van der Waals surface area (Å²) >= 11 is 1.06. The van der Waals surface area contributed by atoms with Crippen molar-refractivity contribution in [2.45, 2.75) is 0 Å². The molecule has 1 saturated heterocycles. The van der Waals surface area contributed by atoms with Crippen molar-refractivity contribution in [2.75, 3.05) is 31.1 Å². The number of benzene rings is 1. The molecular weight excluding hydrogens is 326 g/mol. The topological polar surface area (TPSA) is 66.7 Å². The lowest BCUT2D eigenvalue weighted by Crippen LogP contribution is -2.48. The number of anilines is 1. The monoisotopic (exact) mass is 343 g/mol. The number of nitrogens with zero attached hydrogens (tertiary/aromatic N) is 3. The number of carbonyl (C=O) groups excluding carboxylic acids is 1. The van der Waals surface area contributed by atoms with Gasteiger partial charge in [-0.3, -0.25) is 14.9 Å².